The minimum Gasteiger partial charge on any atom is -0.345 e. The summed E-state index contributed by atoms with van der Waals surface area (Å²) in [5.41, 5.74) is 0.617. The number of H-pyrrole nitrogens is 1. The number of carbonyl (C=O) groups is 1. The van der Waals surface area contributed by atoms with Crippen LogP contribution in [0.5, 0.6) is 0 Å². The van der Waals surface area contributed by atoms with Crippen LogP contribution in [-0.2, 0) is 0 Å². The zero-order valence-corrected chi connectivity index (χ0v) is 12.4. The summed E-state index contributed by atoms with van der Waals surface area (Å²) in [6.07, 6.45) is 9.34. The Morgan fingerprint density at radius 1 is 1.26 bits per heavy atom. The lowest BCUT2D eigenvalue weighted by atomic mass is 9.53. The fourth-order valence-electron chi connectivity index (χ4n) is 5.00. The smallest absolute Gasteiger partial charge is 0.270 e. The van der Waals surface area contributed by atoms with Gasteiger partial charge in [-0.25, -0.2) is 0 Å². The Morgan fingerprint density at radius 3 is 2.32 bits per heavy atom. The molecule has 0 radical (unpaired) electrons. The molecule has 4 aliphatic carbocycles. The second-order valence-corrected chi connectivity index (χ2v) is 7.60. The topological polar surface area (TPSA) is 57.8 Å². The molecule has 0 saturated heterocycles. The maximum atomic E-state index is 12.4. The van der Waals surface area contributed by atoms with Crippen LogP contribution >= 0.6 is 15.9 Å². The number of halogens is 1. The van der Waals surface area contributed by atoms with Crippen LogP contribution in [0.1, 0.15) is 49.0 Å². The number of hydrogen-bond acceptors (Lipinski definition) is 2. The molecule has 5 rings (SSSR count). The van der Waals surface area contributed by atoms with Gasteiger partial charge in [-0.15, -0.1) is 0 Å². The summed E-state index contributed by atoms with van der Waals surface area (Å²) >= 11 is 3.36. The summed E-state index contributed by atoms with van der Waals surface area (Å²) in [4.78, 5) is 12.4. The molecule has 0 atom stereocenters. The summed E-state index contributed by atoms with van der Waals surface area (Å²) in [7, 11) is 0. The molecule has 0 unspecified atom stereocenters. The third kappa shape index (κ3) is 1.93. The third-order valence-corrected chi connectivity index (χ3v) is 5.84. The Labute approximate surface area is 120 Å². The Morgan fingerprint density at radius 2 is 1.84 bits per heavy atom. The Balaban J connectivity index is 1.56. The van der Waals surface area contributed by atoms with E-state index in [0.717, 1.165) is 22.2 Å². The van der Waals surface area contributed by atoms with Gasteiger partial charge < -0.3 is 5.32 Å². The standard InChI is InChI=1S/C14H18BrN3O/c15-11-7-16-18-12(11)13(19)17-14-4-8-1-9(5-14)3-10(2-8)6-14/h7-10H,1-6H2,(H,16,18)(H,17,19). The molecule has 4 bridgehead atoms. The molecule has 1 amide bonds. The first-order valence-electron chi connectivity index (χ1n) is 7.15. The molecule has 2 N–H and O–H groups in total. The monoisotopic (exact) mass is 323 g/mol. The molecule has 19 heavy (non-hydrogen) atoms. The van der Waals surface area contributed by atoms with Crippen molar-refractivity contribution in [3.8, 4) is 0 Å². The van der Waals surface area contributed by atoms with Gasteiger partial charge in [-0.3, -0.25) is 9.89 Å². The molecule has 4 fully saturated rings. The number of hydrogen-bond donors (Lipinski definition) is 2. The molecule has 0 aliphatic heterocycles. The Hall–Kier alpha value is -0.840. The Kier molecular flexibility index (Phi) is 2.56. The van der Waals surface area contributed by atoms with Gasteiger partial charge in [0.05, 0.1) is 10.7 Å². The molecule has 0 spiro atoms. The van der Waals surface area contributed by atoms with E-state index in [-0.39, 0.29) is 11.4 Å². The lowest BCUT2D eigenvalue weighted by molar-refractivity contribution is -0.0168. The molecule has 102 valence electrons. The third-order valence-electron chi connectivity index (χ3n) is 5.24. The molecule has 1 heterocycles. The fourth-order valence-corrected chi connectivity index (χ4v) is 5.37. The Bertz CT molecular complexity index is 489. The van der Waals surface area contributed by atoms with Crippen molar-refractivity contribution in [3.05, 3.63) is 16.4 Å². The molecule has 1 aromatic rings. The lowest BCUT2D eigenvalue weighted by Crippen LogP contribution is -2.59. The van der Waals surface area contributed by atoms with Gasteiger partial charge in [0.2, 0.25) is 0 Å². The van der Waals surface area contributed by atoms with E-state index in [0.29, 0.717) is 5.69 Å². The second-order valence-electron chi connectivity index (χ2n) is 6.74. The first-order chi connectivity index (χ1) is 9.13. The molecule has 4 saturated carbocycles. The van der Waals surface area contributed by atoms with Gasteiger partial charge in [0.15, 0.2) is 0 Å². The van der Waals surface area contributed by atoms with E-state index in [4.69, 9.17) is 0 Å². The number of aromatic amines is 1. The van der Waals surface area contributed by atoms with Crippen molar-refractivity contribution >= 4 is 21.8 Å². The fraction of sp³-hybridized carbons (Fsp3) is 0.714. The second kappa shape index (κ2) is 4.08. The van der Waals surface area contributed by atoms with E-state index in [1.807, 2.05) is 0 Å². The van der Waals surface area contributed by atoms with Gasteiger partial charge in [-0.1, -0.05) is 0 Å². The van der Waals surface area contributed by atoms with Crippen LogP contribution in [0.2, 0.25) is 0 Å². The minimum atomic E-state index is -0.00803. The van der Waals surface area contributed by atoms with Crippen LogP contribution in [-0.4, -0.2) is 21.6 Å². The van der Waals surface area contributed by atoms with Crippen LogP contribution in [0.4, 0.5) is 0 Å². The number of rotatable bonds is 2. The van der Waals surface area contributed by atoms with E-state index >= 15 is 0 Å². The molecule has 4 aliphatic rings. The van der Waals surface area contributed by atoms with Gasteiger partial charge in [0.25, 0.3) is 5.91 Å². The molecule has 4 nitrogen and oxygen atoms in total. The first-order valence-corrected chi connectivity index (χ1v) is 7.94. The SMILES string of the molecule is O=C(NC12CC3CC(CC(C3)C1)C2)c1[nH]ncc1Br. The van der Waals surface area contributed by atoms with Crippen molar-refractivity contribution in [2.45, 2.75) is 44.1 Å². The lowest BCUT2D eigenvalue weighted by Gasteiger charge is -2.56. The summed E-state index contributed by atoms with van der Waals surface area (Å²) in [5, 5.41) is 10.0. The normalized spacial score (nSPS) is 39.5. The predicted molar refractivity (Wildman–Crippen MR) is 74.7 cm³/mol. The minimum absolute atomic E-state index is 0.00803. The van der Waals surface area contributed by atoms with Crippen molar-refractivity contribution in [3.63, 3.8) is 0 Å². The molecule has 5 heteroatoms. The van der Waals surface area contributed by atoms with Gasteiger partial charge in [-0.05, 0) is 72.2 Å². The predicted octanol–water partition coefficient (Wildman–Crippen LogP) is 2.87. The summed E-state index contributed by atoms with van der Waals surface area (Å²) in [5.74, 6) is 2.52. The van der Waals surface area contributed by atoms with Gasteiger partial charge in [0.1, 0.15) is 5.69 Å². The highest BCUT2D eigenvalue weighted by Crippen LogP contribution is 2.55. The highest BCUT2D eigenvalue weighted by molar-refractivity contribution is 9.10. The van der Waals surface area contributed by atoms with Crippen LogP contribution in [0.15, 0.2) is 10.7 Å². The van der Waals surface area contributed by atoms with Crippen LogP contribution in [0.25, 0.3) is 0 Å². The highest BCUT2D eigenvalue weighted by atomic mass is 79.9. The number of amides is 1. The number of aromatic nitrogens is 2. The van der Waals surface area contributed by atoms with Crippen LogP contribution in [0, 0.1) is 17.8 Å². The van der Waals surface area contributed by atoms with Gasteiger partial charge >= 0.3 is 0 Å². The largest absolute Gasteiger partial charge is 0.345 e. The van der Waals surface area contributed by atoms with Gasteiger partial charge in [0, 0.05) is 5.54 Å². The quantitative estimate of drug-likeness (QED) is 0.879. The van der Waals surface area contributed by atoms with Crippen LogP contribution in [0.3, 0.4) is 0 Å². The summed E-state index contributed by atoms with van der Waals surface area (Å²) < 4.78 is 0.745. The van der Waals surface area contributed by atoms with Crippen molar-refractivity contribution in [2.24, 2.45) is 17.8 Å². The zero-order valence-electron chi connectivity index (χ0n) is 10.8. The van der Waals surface area contributed by atoms with Crippen molar-refractivity contribution in [1.29, 1.82) is 0 Å². The van der Waals surface area contributed by atoms with E-state index in [2.05, 4.69) is 31.4 Å². The van der Waals surface area contributed by atoms with Crippen molar-refractivity contribution in [2.75, 3.05) is 0 Å². The maximum Gasteiger partial charge on any atom is 0.270 e. The van der Waals surface area contributed by atoms with Gasteiger partial charge in [-0.2, -0.15) is 5.10 Å². The van der Waals surface area contributed by atoms with Crippen molar-refractivity contribution < 1.29 is 4.79 Å². The number of carbonyl (C=O) groups excluding carboxylic acids is 1. The van der Waals surface area contributed by atoms with Crippen LogP contribution < -0.4 is 5.32 Å². The molecular formula is C14H18BrN3O. The average molecular weight is 324 g/mol. The van der Waals surface area contributed by atoms with Crippen molar-refractivity contribution in [1.82, 2.24) is 15.5 Å². The highest BCUT2D eigenvalue weighted by Gasteiger charge is 2.51. The summed E-state index contributed by atoms with van der Waals surface area (Å²) in [6, 6.07) is 0. The van der Waals surface area contributed by atoms with E-state index < -0.39 is 0 Å². The average Bonchev–Trinajstić information content (AvgIpc) is 2.72. The summed E-state index contributed by atoms with van der Waals surface area (Å²) in [6.45, 7) is 0. The zero-order chi connectivity index (χ0) is 13.0. The number of nitrogens with one attached hydrogen (secondary N) is 2. The molecular weight excluding hydrogens is 306 g/mol. The maximum absolute atomic E-state index is 12.4. The first kappa shape index (κ1) is 11.9. The van der Waals surface area contributed by atoms with E-state index in [9.17, 15) is 4.79 Å². The number of nitrogens with zero attached hydrogens (tertiary/aromatic N) is 1. The van der Waals surface area contributed by atoms with E-state index in [1.165, 1.54) is 38.5 Å². The molecule has 1 aromatic heterocycles. The molecule has 0 aromatic carbocycles. The van der Waals surface area contributed by atoms with E-state index in [1.54, 1.807) is 6.20 Å².